The van der Waals surface area contributed by atoms with Gasteiger partial charge in [0.05, 0.1) is 11.1 Å². The number of nitrogens with zero attached hydrogens (tertiary/aromatic N) is 4. The molecule has 1 fully saturated rings. The van der Waals surface area contributed by atoms with E-state index in [1.54, 1.807) is 0 Å². The van der Waals surface area contributed by atoms with Crippen LogP contribution in [0.5, 0.6) is 5.75 Å². The third kappa shape index (κ3) is 4.84. The number of aromatic nitrogens is 4. The maximum atomic E-state index is 12.6. The smallest absolute Gasteiger partial charge is 0.422 e. The second-order valence-electron chi connectivity index (χ2n) is 6.79. The number of anilines is 1. The summed E-state index contributed by atoms with van der Waals surface area (Å²) < 4.78 is 72.0. The molecule has 1 saturated carbocycles. The van der Waals surface area contributed by atoms with Gasteiger partial charge in [0.1, 0.15) is 5.75 Å². The van der Waals surface area contributed by atoms with Gasteiger partial charge in [-0.2, -0.15) is 22.0 Å². The van der Waals surface area contributed by atoms with Gasteiger partial charge >= 0.3 is 12.6 Å². The zero-order valence-corrected chi connectivity index (χ0v) is 16.2. The first-order valence-corrected chi connectivity index (χ1v) is 9.25. The monoisotopic (exact) mass is 461 g/mol. The van der Waals surface area contributed by atoms with Crippen molar-refractivity contribution in [2.45, 2.75) is 31.0 Å². The van der Waals surface area contributed by atoms with Crippen molar-refractivity contribution in [2.75, 3.05) is 11.9 Å². The van der Waals surface area contributed by atoms with Gasteiger partial charge in [0.2, 0.25) is 5.95 Å². The number of hydrogen-bond donors (Lipinski definition) is 1. The molecule has 3 aromatic rings. The summed E-state index contributed by atoms with van der Waals surface area (Å²) >= 11 is 6.26. The molecule has 1 aromatic carbocycles. The summed E-state index contributed by atoms with van der Waals surface area (Å²) in [6.07, 6.45) is -3.43. The van der Waals surface area contributed by atoms with Gasteiger partial charge < -0.3 is 14.5 Å². The molecule has 1 N–H and O–H groups in total. The van der Waals surface area contributed by atoms with Gasteiger partial charge in [-0.05, 0) is 36.6 Å². The van der Waals surface area contributed by atoms with E-state index >= 15 is 0 Å². The van der Waals surface area contributed by atoms with Crippen LogP contribution >= 0.6 is 11.6 Å². The molecule has 2 aromatic heterocycles. The van der Waals surface area contributed by atoms with Crippen molar-refractivity contribution in [3.8, 4) is 17.2 Å². The maximum absolute atomic E-state index is 12.6. The second kappa shape index (κ2) is 7.91. The highest BCUT2D eigenvalue weighted by molar-refractivity contribution is 6.31. The Bertz CT molecular complexity index is 1070. The van der Waals surface area contributed by atoms with Crippen LogP contribution in [0.15, 0.2) is 35.0 Å². The van der Waals surface area contributed by atoms with Crippen LogP contribution < -0.4 is 10.1 Å². The number of alkyl halides is 5. The number of rotatable bonds is 7. The first-order valence-electron chi connectivity index (χ1n) is 8.87. The first kappa shape index (κ1) is 21.2. The van der Waals surface area contributed by atoms with Crippen molar-refractivity contribution in [2.24, 2.45) is 0 Å². The maximum Gasteiger partial charge on any atom is 0.422 e. The van der Waals surface area contributed by atoms with Crippen LogP contribution in [0.4, 0.5) is 27.9 Å². The summed E-state index contributed by atoms with van der Waals surface area (Å²) in [5.74, 6) is -0.725. The Balaban J connectivity index is 1.50. The van der Waals surface area contributed by atoms with E-state index in [0.29, 0.717) is 23.4 Å². The molecule has 2 heterocycles. The van der Waals surface area contributed by atoms with Gasteiger partial charge in [0.15, 0.2) is 6.61 Å². The van der Waals surface area contributed by atoms with Gasteiger partial charge in [0.25, 0.3) is 11.8 Å². The predicted molar refractivity (Wildman–Crippen MR) is 97.8 cm³/mol. The number of halogens is 6. The molecule has 31 heavy (non-hydrogen) atoms. The molecule has 164 valence electrons. The SMILES string of the molecule is FC(F)c1nnc(-c2cnc(NC3(c4cc(OCC(F)(F)F)ccc4Cl)CC3)nc2)o1. The normalized spacial score (nSPS) is 15.2. The van der Waals surface area contributed by atoms with Crippen LogP contribution in [0.1, 0.15) is 30.7 Å². The quantitative estimate of drug-likeness (QED) is 0.486. The number of nitrogens with one attached hydrogen (secondary N) is 1. The average Bonchev–Trinajstić information content (AvgIpc) is 3.31. The average molecular weight is 462 g/mol. The lowest BCUT2D eigenvalue weighted by molar-refractivity contribution is -0.153. The van der Waals surface area contributed by atoms with Gasteiger partial charge in [-0.1, -0.05) is 11.6 Å². The topological polar surface area (TPSA) is 86.0 Å². The minimum Gasteiger partial charge on any atom is -0.484 e. The molecule has 4 rings (SSSR count). The van der Waals surface area contributed by atoms with E-state index < -0.39 is 30.6 Å². The Morgan fingerprint density at radius 3 is 2.45 bits per heavy atom. The fourth-order valence-electron chi connectivity index (χ4n) is 2.87. The lowest BCUT2D eigenvalue weighted by Gasteiger charge is -2.20. The van der Waals surface area contributed by atoms with Crippen LogP contribution in [-0.4, -0.2) is 32.9 Å². The lowest BCUT2D eigenvalue weighted by Crippen LogP contribution is -2.22. The number of hydrogen-bond acceptors (Lipinski definition) is 7. The highest BCUT2D eigenvalue weighted by Crippen LogP contribution is 2.51. The van der Waals surface area contributed by atoms with Crippen molar-refractivity contribution < 1.29 is 31.1 Å². The van der Waals surface area contributed by atoms with E-state index in [9.17, 15) is 22.0 Å². The van der Waals surface area contributed by atoms with E-state index in [1.165, 1.54) is 30.6 Å². The minimum absolute atomic E-state index is 0.0345. The van der Waals surface area contributed by atoms with E-state index in [-0.39, 0.29) is 23.2 Å². The summed E-state index contributed by atoms with van der Waals surface area (Å²) in [6, 6.07) is 4.27. The predicted octanol–water partition coefficient (Wildman–Crippen LogP) is 5.16. The lowest BCUT2D eigenvalue weighted by atomic mass is 10.0. The van der Waals surface area contributed by atoms with Crippen LogP contribution in [0.2, 0.25) is 5.02 Å². The zero-order valence-electron chi connectivity index (χ0n) is 15.5. The van der Waals surface area contributed by atoms with E-state index in [0.717, 1.165) is 0 Å². The molecule has 1 aliphatic carbocycles. The molecular weight excluding hydrogens is 449 g/mol. The van der Waals surface area contributed by atoms with Crippen molar-refractivity contribution in [3.05, 3.63) is 47.1 Å². The Morgan fingerprint density at radius 2 is 1.87 bits per heavy atom. The third-order valence-corrected chi connectivity index (χ3v) is 4.81. The van der Waals surface area contributed by atoms with Gasteiger partial charge in [0, 0.05) is 17.4 Å². The fraction of sp³-hybridized carbons (Fsp3) is 0.333. The molecular formula is C18H13ClF5N5O2. The molecule has 7 nitrogen and oxygen atoms in total. The molecule has 0 aliphatic heterocycles. The molecule has 0 bridgehead atoms. The van der Waals surface area contributed by atoms with E-state index in [2.05, 4.69) is 25.5 Å². The van der Waals surface area contributed by atoms with Crippen molar-refractivity contribution in [3.63, 3.8) is 0 Å². The van der Waals surface area contributed by atoms with Crippen molar-refractivity contribution in [1.29, 1.82) is 0 Å². The first-order chi connectivity index (χ1) is 14.7. The Labute approximate surface area is 176 Å². The highest BCUT2D eigenvalue weighted by Gasteiger charge is 2.46. The zero-order chi connectivity index (χ0) is 22.2. The summed E-state index contributed by atoms with van der Waals surface area (Å²) in [5.41, 5.74) is 0.138. The Morgan fingerprint density at radius 1 is 1.16 bits per heavy atom. The second-order valence-corrected chi connectivity index (χ2v) is 7.20. The van der Waals surface area contributed by atoms with Gasteiger partial charge in [-0.15, -0.1) is 10.2 Å². The van der Waals surface area contributed by atoms with Crippen LogP contribution in [0.25, 0.3) is 11.5 Å². The summed E-state index contributed by atoms with van der Waals surface area (Å²) in [6.45, 7) is -1.41. The molecule has 13 heteroatoms. The van der Waals surface area contributed by atoms with Gasteiger partial charge in [-0.3, -0.25) is 0 Å². The van der Waals surface area contributed by atoms with Crippen molar-refractivity contribution in [1.82, 2.24) is 20.2 Å². The van der Waals surface area contributed by atoms with Gasteiger partial charge in [-0.25, -0.2) is 9.97 Å². The Hall–Kier alpha value is -3.02. The molecule has 0 spiro atoms. The largest absolute Gasteiger partial charge is 0.484 e. The number of benzene rings is 1. The minimum atomic E-state index is -4.46. The highest BCUT2D eigenvalue weighted by atomic mass is 35.5. The molecule has 1 aliphatic rings. The summed E-state index contributed by atoms with van der Waals surface area (Å²) in [5, 5.41) is 10.2. The molecule has 0 radical (unpaired) electrons. The molecule has 0 amide bonds. The third-order valence-electron chi connectivity index (χ3n) is 4.48. The summed E-state index contributed by atoms with van der Waals surface area (Å²) in [4.78, 5) is 8.24. The van der Waals surface area contributed by atoms with E-state index in [4.69, 9.17) is 20.8 Å². The van der Waals surface area contributed by atoms with E-state index in [1.807, 2.05) is 0 Å². The number of ether oxygens (including phenoxy) is 1. The Kier molecular flexibility index (Phi) is 5.42. The molecule has 0 atom stereocenters. The van der Waals surface area contributed by atoms with Crippen LogP contribution in [0.3, 0.4) is 0 Å². The molecule has 0 saturated heterocycles. The standard InChI is InChI=1S/C18H13ClF5N5O2/c19-12-2-1-10(30-8-18(22,23)24)5-11(12)17(3-4-17)27-16-25-6-9(7-26-16)14-28-29-15(31-14)13(20)21/h1-2,5-7,13H,3-4,8H2,(H,25,26,27). The molecule has 0 unspecified atom stereocenters. The van der Waals surface area contributed by atoms with Crippen LogP contribution in [0, 0.1) is 0 Å². The summed E-state index contributed by atoms with van der Waals surface area (Å²) in [7, 11) is 0. The fourth-order valence-corrected chi connectivity index (χ4v) is 3.17. The van der Waals surface area contributed by atoms with Crippen molar-refractivity contribution >= 4 is 17.5 Å². The van der Waals surface area contributed by atoms with Crippen LogP contribution in [-0.2, 0) is 5.54 Å².